The second kappa shape index (κ2) is 6.12. The minimum Gasteiger partial charge on any atom is -0.508 e. The van der Waals surface area contributed by atoms with E-state index in [1.54, 1.807) is 0 Å². The van der Waals surface area contributed by atoms with E-state index in [2.05, 4.69) is 5.32 Å². The molecule has 0 atom stereocenters. The molecule has 10 heteroatoms. The molecular formula is C14H16N2O5S3. The van der Waals surface area contributed by atoms with Crippen molar-refractivity contribution in [2.24, 2.45) is 5.14 Å². The Kier molecular flexibility index (Phi) is 4.43. The third kappa shape index (κ3) is 3.62. The highest BCUT2D eigenvalue weighted by atomic mass is 32.3. The number of sulfonamides is 1. The Labute approximate surface area is 144 Å². The molecule has 0 spiro atoms. The third-order valence-electron chi connectivity index (χ3n) is 3.62. The van der Waals surface area contributed by atoms with Crippen LogP contribution in [0.3, 0.4) is 0 Å². The third-order valence-corrected chi connectivity index (χ3v) is 8.39. The van der Waals surface area contributed by atoms with E-state index in [1.165, 1.54) is 30.3 Å². The summed E-state index contributed by atoms with van der Waals surface area (Å²) in [4.78, 5) is -0.00397. The standard InChI is InChI=1S/C14H16N2O5S3/c15-24(20,21)14-6-5-13(22-14)23(18,19)11-3-4-12(17)9(7-11)8-16-10-1-2-10/h3-7,10,16-17H,1-2,8H2,(H2,15,20,21). The zero-order valence-corrected chi connectivity index (χ0v) is 14.9. The number of phenolic OH excluding ortho intramolecular Hbond substituents is 1. The van der Waals surface area contributed by atoms with Gasteiger partial charge in [0.2, 0.25) is 19.9 Å². The first-order chi connectivity index (χ1) is 11.2. The molecule has 4 N–H and O–H groups in total. The van der Waals surface area contributed by atoms with Crippen molar-refractivity contribution in [3.8, 4) is 5.75 Å². The number of aromatic hydroxyl groups is 1. The van der Waals surface area contributed by atoms with Gasteiger partial charge in [-0.05, 0) is 43.2 Å². The lowest BCUT2D eigenvalue weighted by atomic mass is 10.2. The number of sulfone groups is 1. The fraction of sp³-hybridized carbons (Fsp3) is 0.286. The highest BCUT2D eigenvalue weighted by molar-refractivity contribution is 7.95. The molecule has 2 aromatic rings. The maximum atomic E-state index is 12.7. The van der Waals surface area contributed by atoms with E-state index in [9.17, 15) is 21.9 Å². The number of hydrogen-bond acceptors (Lipinski definition) is 7. The van der Waals surface area contributed by atoms with Gasteiger partial charge < -0.3 is 10.4 Å². The van der Waals surface area contributed by atoms with Crippen LogP contribution in [0.4, 0.5) is 0 Å². The van der Waals surface area contributed by atoms with Gasteiger partial charge in [-0.2, -0.15) is 0 Å². The van der Waals surface area contributed by atoms with Gasteiger partial charge in [0.25, 0.3) is 0 Å². The molecule has 1 saturated carbocycles. The molecule has 3 rings (SSSR count). The molecule has 7 nitrogen and oxygen atoms in total. The van der Waals surface area contributed by atoms with Gasteiger partial charge in [-0.1, -0.05) is 0 Å². The van der Waals surface area contributed by atoms with Crippen molar-refractivity contribution in [1.29, 1.82) is 0 Å². The van der Waals surface area contributed by atoms with Crippen molar-refractivity contribution >= 4 is 31.2 Å². The van der Waals surface area contributed by atoms with Gasteiger partial charge in [-0.15, -0.1) is 11.3 Å². The first-order valence-corrected chi connectivity index (χ1v) is 11.0. The normalized spacial score (nSPS) is 15.5. The number of nitrogens with two attached hydrogens (primary N) is 1. The molecule has 0 saturated heterocycles. The Bertz CT molecular complexity index is 976. The van der Waals surface area contributed by atoms with E-state index in [-0.39, 0.29) is 19.1 Å². The average Bonchev–Trinajstić information content (AvgIpc) is 3.17. The second-order valence-corrected chi connectivity index (χ2v) is 10.6. The molecule has 1 fully saturated rings. The Morgan fingerprint density at radius 1 is 1.12 bits per heavy atom. The van der Waals surface area contributed by atoms with E-state index in [0.29, 0.717) is 29.5 Å². The molecule has 1 aromatic carbocycles. The van der Waals surface area contributed by atoms with Crippen LogP contribution in [-0.2, 0) is 26.4 Å². The molecule has 24 heavy (non-hydrogen) atoms. The van der Waals surface area contributed by atoms with Gasteiger partial charge >= 0.3 is 0 Å². The zero-order valence-electron chi connectivity index (χ0n) is 12.5. The van der Waals surface area contributed by atoms with Crippen LogP contribution in [0.5, 0.6) is 5.75 Å². The van der Waals surface area contributed by atoms with E-state index in [1.807, 2.05) is 0 Å². The summed E-state index contributed by atoms with van der Waals surface area (Å²) < 4.78 is 47.6. The molecule has 1 aromatic heterocycles. The molecule has 1 heterocycles. The van der Waals surface area contributed by atoms with E-state index < -0.39 is 19.9 Å². The fourth-order valence-electron chi connectivity index (χ4n) is 2.13. The van der Waals surface area contributed by atoms with Crippen LogP contribution in [0.1, 0.15) is 18.4 Å². The smallest absolute Gasteiger partial charge is 0.247 e. The molecule has 0 unspecified atom stereocenters. The maximum absolute atomic E-state index is 12.7. The minimum absolute atomic E-state index is 0.00397. The van der Waals surface area contributed by atoms with Gasteiger partial charge in [-0.3, -0.25) is 0 Å². The number of phenols is 1. The Balaban J connectivity index is 1.94. The molecule has 0 radical (unpaired) electrons. The monoisotopic (exact) mass is 388 g/mol. The summed E-state index contributed by atoms with van der Waals surface area (Å²) in [6, 6.07) is 6.82. The summed E-state index contributed by atoms with van der Waals surface area (Å²) in [5.74, 6) is 0.0125. The number of hydrogen-bond donors (Lipinski definition) is 3. The lowest BCUT2D eigenvalue weighted by Crippen LogP contribution is -2.15. The van der Waals surface area contributed by atoms with Crippen LogP contribution in [0.25, 0.3) is 0 Å². The maximum Gasteiger partial charge on any atom is 0.247 e. The Morgan fingerprint density at radius 2 is 1.79 bits per heavy atom. The van der Waals surface area contributed by atoms with Crippen LogP contribution in [0.15, 0.2) is 43.6 Å². The number of rotatable bonds is 6. The molecule has 1 aliphatic rings. The van der Waals surface area contributed by atoms with Crippen molar-refractivity contribution in [2.75, 3.05) is 0 Å². The summed E-state index contributed by atoms with van der Waals surface area (Å²) in [6.45, 7) is 0.368. The minimum atomic E-state index is -3.95. The summed E-state index contributed by atoms with van der Waals surface area (Å²) in [7, 11) is -7.83. The molecular weight excluding hydrogens is 372 g/mol. The fourth-order valence-corrected chi connectivity index (χ4v) is 5.77. The first kappa shape index (κ1) is 17.4. The molecule has 130 valence electrons. The predicted octanol–water partition coefficient (Wildman–Crippen LogP) is 1.19. The van der Waals surface area contributed by atoms with Crippen molar-refractivity contribution < 1.29 is 21.9 Å². The lowest BCUT2D eigenvalue weighted by Gasteiger charge is -2.09. The average molecular weight is 388 g/mol. The van der Waals surface area contributed by atoms with Crippen LogP contribution < -0.4 is 10.5 Å². The van der Waals surface area contributed by atoms with Gasteiger partial charge in [0.15, 0.2) is 0 Å². The second-order valence-electron chi connectivity index (χ2n) is 5.57. The highest BCUT2D eigenvalue weighted by Crippen LogP contribution is 2.32. The van der Waals surface area contributed by atoms with Gasteiger partial charge in [-0.25, -0.2) is 22.0 Å². The zero-order chi connectivity index (χ0) is 17.5. The number of primary sulfonamides is 1. The summed E-state index contributed by atoms with van der Waals surface area (Å²) >= 11 is 0.601. The summed E-state index contributed by atoms with van der Waals surface area (Å²) in [5, 5.41) is 18.1. The number of thiophene rings is 1. The topological polar surface area (TPSA) is 127 Å². The Morgan fingerprint density at radius 3 is 2.38 bits per heavy atom. The van der Waals surface area contributed by atoms with Crippen LogP contribution in [0, 0.1) is 0 Å². The molecule has 1 aliphatic carbocycles. The highest BCUT2D eigenvalue weighted by Gasteiger charge is 2.24. The van der Waals surface area contributed by atoms with Crippen molar-refractivity contribution in [3.63, 3.8) is 0 Å². The molecule has 0 aliphatic heterocycles. The predicted molar refractivity (Wildman–Crippen MR) is 89.1 cm³/mol. The van der Waals surface area contributed by atoms with E-state index in [0.717, 1.165) is 12.8 Å². The van der Waals surface area contributed by atoms with E-state index in [4.69, 9.17) is 5.14 Å². The van der Waals surface area contributed by atoms with Gasteiger partial charge in [0.05, 0.1) is 4.90 Å². The van der Waals surface area contributed by atoms with E-state index >= 15 is 0 Å². The summed E-state index contributed by atoms with van der Waals surface area (Å²) in [6.07, 6.45) is 2.15. The van der Waals surface area contributed by atoms with Crippen LogP contribution in [0.2, 0.25) is 0 Å². The Hall–Kier alpha value is -1.46. The molecule has 0 bridgehead atoms. The number of nitrogens with one attached hydrogen (secondary N) is 1. The van der Waals surface area contributed by atoms with Gasteiger partial charge in [0, 0.05) is 18.2 Å². The SMILES string of the molecule is NS(=O)(=O)c1ccc(S(=O)(=O)c2ccc(O)c(CNC3CC3)c2)s1. The summed E-state index contributed by atoms with van der Waals surface area (Å²) in [5.41, 5.74) is 0.478. The largest absolute Gasteiger partial charge is 0.508 e. The van der Waals surface area contributed by atoms with Crippen LogP contribution >= 0.6 is 11.3 Å². The molecule has 0 amide bonds. The van der Waals surface area contributed by atoms with Crippen molar-refractivity contribution in [2.45, 2.75) is 38.7 Å². The van der Waals surface area contributed by atoms with Crippen molar-refractivity contribution in [3.05, 3.63) is 35.9 Å². The van der Waals surface area contributed by atoms with Crippen LogP contribution in [-0.4, -0.2) is 28.0 Å². The lowest BCUT2D eigenvalue weighted by molar-refractivity contribution is 0.463. The van der Waals surface area contributed by atoms with Gasteiger partial charge in [0.1, 0.15) is 14.2 Å². The van der Waals surface area contributed by atoms with Crippen molar-refractivity contribution in [1.82, 2.24) is 5.32 Å². The number of benzene rings is 1. The quantitative estimate of drug-likeness (QED) is 0.682. The first-order valence-electron chi connectivity index (χ1n) is 7.11.